The number of amides is 2. The number of likely N-dealkylation sites (N-methyl/N-ethyl adjacent to an activating group) is 1. The van der Waals surface area contributed by atoms with Crippen LogP contribution in [0.25, 0.3) is 0 Å². The molecule has 23 heavy (non-hydrogen) atoms. The van der Waals surface area contributed by atoms with Crippen LogP contribution in [0.2, 0.25) is 0 Å². The number of ether oxygens (including phenoxy) is 1. The molecule has 124 valence electrons. The van der Waals surface area contributed by atoms with Gasteiger partial charge in [0.05, 0.1) is 11.7 Å². The average Bonchev–Trinajstić information content (AvgIpc) is 3.10. The second-order valence-electron chi connectivity index (χ2n) is 6.13. The van der Waals surface area contributed by atoms with Gasteiger partial charge in [-0.15, -0.1) is 0 Å². The van der Waals surface area contributed by atoms with E-state index >= 15 is 0 Å². The van der Waals surface area contributed by atoms with E-state index in [1.807, 2.05) is 24.3 Å². The smallest absolute Gasteiger partial charge is 0.253 e. The molecule has 0 radical (unpaired) electrons. The second kappa shape index (κ2) is 7.00. The zero-order valence-electron chi connectivity index (χ0n) is 13.5. The summed E-state index contributed by atoms with van der Waals surface area (Å²) in [7, 11) is 1.75. The third kappa shape index (κ3) is 3.64. The molecular formula is C17H23N3O3. The van der Waals surface area contributed by atoms with E-state index < -0.39 is 0 Å². The molecule has 0 saturated carbocycles. The van der Waals surface area contributed by atoms with Crippen molar-refractivity contribution in [1.82, 2.24) is 10.2 Å². The van der Waals surface area contributed by atoms with E-state index in [2.05, 4.69) is 10.2 Å². The maximum atomic E-state index is 12.5. The monoisotopic (exact) mass is 317 g/mol. The molecule has 2 aliphatic rings. The number of rotatable bonds is 4. The van der Waals surface area contributed by atoms with Gasteiger partial charge in [-0.3, -0.25) is 9.59 Å². The van der Waals surface area contributed by atoms with Crippen molar-refractivity contribution >= 4 is 17.5 Å². The molecule has 2 aliphatic heterocycles. The van der Waals surface area contributed by atoms with Gasteiger partial charge < -0.3 is 19.9 Å². The van der Waals surface area contributed by atoms with E-state index in [-0.39, 0.29) is 24.5 Å². The standard InChI is InChI=1S/C17H23N3O3/c1-19-11-13(23-12-16(19)21)10-18-17(22)14-6-2-3-7-15(14)20-8-4-5-9-20/h2-3,6-7,13H,4-5,8-12H2,1H3,(H,18,22)/t13-/m0/s1. The molecule has 0 aromatic heterocycles. The van der Waals surface area contributed by atoms with Crippen molar-refractivity contribution in [3.63, 3.8) is 0 Å². The highest BCUT2D eigenvalue weighted by molar-refractivity contribution is 5.99. The van der Waals surface area contributed by atoms with Crippen LogP contribution in [-0.4, -0.2) is 62.7 Å². The number of nitrogens with one attached hydrogen (secondary N) is 1. The van der Waals surface area contributed by atoms with E-state index in [0.29, 0.717) is 18.7 Å². The molecule has 0 aliphatic carbocycles. The van der Waals surface area contributed by atoms with Gasteiger partial charge in [0.15, 0.2) is 0 Å². The Morgan fingerprint density at radius 2 is 2.04 bits per heavy atom. The summed E-state index contributed by atoms with van der Waals surface area (Å²) >= 11 is 0. The third-order valence-corrected chi connectivity index (χ3v) is 4.43. The van der Waals surface area contributed by atoms with Crippen LogP contribution in [-0.2, 0) is 9.53 Å². The number of nitrogens with zero attached hydrogens (tertiary/aromatic N) is 2. The Morgan fingerprint density at radius 1 is 1.30 bits per heavy atom. The summed E-state index contributed by atoms with van der Waals surface area (Å²) in [5.41, 5.74) is 1.70. The Labute approximate surface area is 136 Å². The fourth-order valence-electron chi connectivity index (χ4n) is 3.08. The van der Waals surface area contributed by atoms with Gasteiger partial charge in [-0.25, -0.2) is 0 Å². The van der Waals surface area contributed by atoms with E-state index in [0.717, 1.165) is 18.8 Å². The van der Waals surface area contributed by atoms with Gasteiger partial charge in [0.25, 0.3) is 5.91 Å². The molecule has 6 heteroatoms. The van der Waals surface area contributed by atoms with Gasteiger partial charge in [-0.1, -0.05) is 12.1 Å². The molecule has 2 fully saturated rings. The predicted molar refractivity (Wildman–Crippen MR) is 87.6 cm³/mol. The van der Waals surface area contributed by atoms with Crippen molar-refractivity contribution in [2.75, 3.05) is 44.7 Å². The SMILES string of the molecule is CN1C[C@H](CNC(=O)c2ccccc2N2CCCC2)OCC1=O. The molecule has 1 N–H and O–H groups in total. The number of carbonyl (C=O) groups is 2. The molecule has 1 aromatic carbocycles. The zero-order chi connectivity index (χ0) is 16.2. The minimum atomic E-state index is -0.152. The number of para-hydroxylation sites is 1. The van der Waals surface area contributed by atoms with Crippen LogP contribution < -0.4 is 10.2 Å². The highest BCUT2D eigenvalue weighted by atomic mass is 16.5. The average molecular weight is 317 g/mol. The Balaban J connectivity index is 1.61. The van der Waals surface area contributed by atoms with Crippen molar-refractivity contribution in [3.05, 3.63) is 29.8 Å². The molecule has 3 rings (SSSR count). The van der Waals surface area contributed by atoms with Crippen LogP contribution in [0, 0.1) is 0 Å². The van der Waals surface area contributed by atoms with Gasteiger partial charge >= 0.3 is 0 Å². The van der Waals surface area contributed by atoms with Crippen LogP contribution in [0.5, 0.6) is 0 Å². The van der Waals surface area contributed by atoms with Crippen molar-refractivity contribution < 1.29 is 14.3 Å². The number of hydrogen-bond acceptors (Lipinski definition) is 4. The summed E-state index contributed by atoms with van der Waals surface area (Å²) in [6, 6.07) is 7.72. The lowest BCUT2D eigenvalue weighted by Gasteiger charge is -2.30. The molecule has 2 saturated heterocycles. The van der Waals surface area contributed by atoms with Crippen molar-refractivity contribution in [3.8, 4) is 0 Å². The Hall–Kier alpha value is -2.08. The minimum Gasteiger partial charge on any atom is -0.371 e. The first-order valence-corrected chi connectivity index (χ1v) is 8.13. The number of carbonyl (C=O) groups excluding carboxylic acids is 2. The maximum absolute atomic E-state index is 12.5. The molecule has 6 nitrogen and oxygen atoms in total. The van der Waals surface area contributed by atoms with Crippen molar-refractivity contribution in [2.45, 2.75) is 18.9 Å². The topological polar surface area (TPSA) is 61.9 Å². The molecule has 1 aromatic rings. The molecule has 0 bridgehead atoms. The number of benzene rings is 1. The summed E-state index contributed by atoms with van der Waals surface area (Å²) in [6.45, 7) is 3.00. The number of morpholine rings is 1. The highest BCUT2D eigenvalue weighted by Gasteiger charge is 2.25. The van der Waals surface area contributed by atoms with E-state index in [1.165, 1.54) is 12.8 Å². The Kier molecular flexibility index (Phi) is 4.81. The summed E-state index contributed by atoms with van der Waals surface area (Å²) in [6.07, 6.45) is 2.19. The first-order chi connectivity index (χ1) is 11.1. The maximum Gasteiger partial charge on any atom is 0.253 e. The molecule has 0 spiro atoms. The second-order valence-corrected chi connectivity index (χ2v) is 6.13. The quantitative estimate of drug-likeness (QED) is 0.895. The Bertz CT molecular complexity index is 584. The van der Waals surface area contributed by atoms with E-state index in [1.54, 1.807) is 11.9 Å². The van der Waals surface area contributed by atoms with Gasteiger partial charge in [0.1, 0.15) is 6.61 Å². The normalized spacial score (nSPS) is 21.6. The third-order valence-electron chi connectivity index (χ3n) is 4.43. The fraction of sp³-hybridized carbons (Fsp3) is 0.529. The molecule has 2 amide bonds. The lowest BCUT2D eigenvalue weighted by molar-refractivity contribution is -0.146. The van der Waals surface area contributed by atoms with Gasteiger partial charge in [-0.2, -0.15) is 0 Å². The van der Waals surface area contributed by atoms with Gasteiger partial charge in [0.2, 0.25) is 5.91 Å². The zero-order valence-corrected chi connectivity index (χ0v) is 13.5. The summed E-state index contributed by atoms with van der Waals surface area (Å²) in [5.74, 6) is -0.109. The van der Waals surface area contributed by atoms with E-state index in [9.17, 15) is 9.59 Å². The molecule has 1 atom stereocenters. The first-order valence-electron chi connectivity index (χ1n) is 8.13. The molecule has 0 unspecified atom stereocenters. The van der Waals surface area contributed by atoms with Crippen LogP contribution in [0.3, 0.4) is 0 Å². The first kappa shape index (κ1) is 15.8. The minimum absolute atomic E-state index is 0.0213. The summed E-state index contributed by atoms with van der Waals surface area (Å²) in [4.78, 5) is 27.8. The van der Waals surface area contributed by atoms with Crippen LogP contribution in [0.4, 0.5) is 5.69 Å². The fourth-order valence-corrected chi connectivity index (χ4v) is 3.08. The lowest BCUT2D eigenvalue weighted by atomic mass is 10.1. The summed E-state index contributed by atoms with van der Waals surface area (Å²) in [5, 5.41) is 2.94. The van der Waals surface area contributed by atoms with Crippen LogP contribution in [0.15, 0.2) is 24.3 Å². The van der Waals surface area contributed by atoms with Gasteiger partial charge in [-0.05, 0) is 25.0 Å². The van der Waals surface area contributed by atoms with E-state index in [4.69, 9.17) is 4.74 Å². The largest absolute Gasteiger partial charge is 0.371 e. The molecule has 2 heterocycles. The van der Waals surface area contributed by atoms with Gasteiger partial charge in [0, 0.05) is 38.9 Å². The van der Waals surface area contributed by atoms with Crippen molar-refractivity contribution in [1.29, 1.82) is 0 Å². The summed E-state index contributed by atoms with van der Waals surface area (Å²) < 4.78 is 5.46. The molecular weight excluding hydrogens is 294 g/mol. The van der Waals surface area contributed by atoms with Crippen LogP contribution >= 0.6 is 0 Å². The Morgan fingerprint density at radius 3 is 2.78 bits per heavy atom. The predicted octanol–water partition coefficient (Wildman–Crippen LogP) is 0.874. The number of anilines is 1. The highest BCUT2D eigenvalue weighted by Crippen LogP contribution is 2.24. The van der Waals surface area contributed by atoms with Crippen molar-refractivity contribution in [2.24, 2.45) is 0 Å². The van der Waals surface area contributed by atoms with Crippen LogP contribution in [0.1, 0.15) is 23.2 Å². The number of hydrogen-bond donors (Lipinski definition) is 1. The lowest BCUT2D eigenvalue weighted by Crippen LogP contribution is -2.48.